The Morgan fingerprint density at radius 3 is 2.67 bits per heavy atom. The van der Waals surface area contributed by atoms with Gasteiger partial charge in [-0.15, -0.1) is 0 Å². The molecule has 1 aromatic carbocycles. The molecule has 0 aliphatic heterocycles. The third kappa shape index (κ3) is 7.92. The summed E-state index contributed by atoms with van der Waals surface area (Å²) in [6, 6.07) is 7.43. The normalized spacial score (nSPS) is 11.6. The molecule has 0 saturated heterocycles. The molecule has 0 spiro atoms. The molecule has 0 aliphatic rings. The number of anilines is 1. The van der Waals surface area contributed by atoms with Crippen molar-refractivity contribution < 1.29 is 13.2 Å². The fourth-order valence-corrected chi connectivity index (χ4v) is 3.03. The van der Waals surface area contributed by atoms with Gasteiger partial charge in [-0.25, -0.2) is 8.42 Å². The number of hydrogen-bond donors (Lipinski definition) is 2. The molecule has 0 radical (unpaired) electrons. The number of rotatable bonds is 10. The SMILES string of the molecule is CCOc1cccc(NS(=O)(=O)CCCCNC(C)C)c1. The lowest BCUT2D eigenvalue weighted by Gasteiger charge is -2.10. The van der Waals surface area contributed by atoms with Crippen molar-refractivity contribution in [2.75, 3.05) is 23.6 Å². The van der Waals surface area contributed by atoms with Crippen molar-refractivity contribution in [1.82, 2.24) is 5.32 Å². The highest BCUT2D eigenvalue weighted by molar-refractivity contribution is 7.92. The first-order valence-electron chi connectivity index (χ1n) is 7.39. The molecule has 6 heteroatoms. The molecule has 21 heavy (non-hydrogen) atoms. The van der Waals surface area contributed by atoms with Crippen LogP contribution in [-0.2, 0) is 10.0 Å². The summed E-state index contributed by atoms with van der Waals surface area (Å²) in [6.07, 6.45) is 1.48. The second-order valence-electron chi connectivity index (χ2n) is 5.20. The molecule has 5 nitrogen and oxygen atoms in total. The van der Waals surface area contributed by atoms with Gasteiger partial charge in [0.15, 0.2) is 0 Å². The van der Waals surface area contributed by atoms with E-state index >= 15 is 0 Å². The van der Waals surface area contributed by atoms with Crippen LogP contribution in [-0.4, -0.2) is 33.4 Å². The van der Waals surface area contributed by atoms with Crippen molar-refractivity contribution in [2.24, 2.45) is 0 Å². The molecule has 2 N–H and O–H groups in total. The number of sulfonamides is 1. The molecule has 0 atom stereocenters. The van der Waals surface area contributed by atoms with Gasteiger partial charge >= 0.3 is 0 Å². The standard InChI is InChI=1S/C15H26N2O3S/c1-4-20-15-9-7-8-14(12-15)17-21(18,19)11-6-5-10-16-13(2)3/h7-9,12-13,16-17H,4-6,10-11H2,1-3H3. The minimum atomic E-state index is -3.30. The third-order valence-electron chi connectivity index (χ3n) is 2.81. The van der Waals surface area contributed by atoms with Crippen molar-refractivity contribution in [3.63, 3.8) is 0 Å². The first-order chi connectivity index (χ1) is 9.93. The van der Waals surface area contributed by atoms with Gasteiger partial charge in [0.05, 0.1) is 18.0 Å². The highest BCUT2D eigenvalue weighted by atomic mass is 32.2. The predicted molar refractivity (Wildman–Crippen MR) is 87.4 cm³/mol. The highest BCUT2D eigenvalue weighted by Gasteiger charge is 2.10. The maximum Gasteiger partial charge on any atom is 0.232 e. The molecule has 0 saturated carbocycles. The van der Waals surface area contributed by atoms with Gasteiger partial charge in [0.1, 0.15) is 5.75 Å². The molecular weight excluding hydrogens is 288 g/mol. The van der Waals surface area contributed by atoms with Crippen LogP contribution in [0.1, 0.15) is 33.6 Å². The zero-order valence-electron chi connectivity index (χ0n) is 13.1. The van der Waals surface area contributed by atoms with Crippen LogP contribution in [0.4, 0.5) is 5.69 Å². The topological polar surface area (TPSA) is 67.4 Å². The number of benzene rings is 1. The van der Waals surface area contributed by atoms with E-state index in [0.717, 1.165) is 13.0 Å². The van der Waals surface area contributed by atoms with E-state index in [9.17, 15) is 8.42 Å². The zero-order valence-corrected chi connectivity index (χ0v) is 13.9. The van der Waals surface area contributed by atoms with Crippen molar-refractivity contribution in [3.05, 3.63) is 24.3 Å². The third-order valence-corrected chi connectivity index (χ3v) is 4.18. The van der Waals surface area contributed by atoms with E-state index in [1.54, 1.807) is 24.3 Å². The van der Waals surface area contributed by atoms with E-state index < -0.39 is 10.0 Å². The Labute approximate surface area is 128 Å². The first kappa shape index (κ1) is 17.8. The molecule has 0 amide bonds. The summed E-state index contributed by atoms with van der Waals surface area (Å²) in [5.74, 6) is 0.796. The lowest BCUT2D eigenvalue weighted by molar-refractivity contribution is 0.340. The summed E-state index contributed by atoms with van der Waals surface area (Å²) in [4.78, 5) is 0. The first-order valence-corrected chi connectivity index (χ1v) is 9.05. The van der Waals surface area contributed by atoms with Crippen LogP contribution in [0.25, 0.3) is 0 Å². The largest absolute Gasteiger partial charge is 0.494 e. The Morgan fingerprint density at radius 2 is 2.00 bits per heavy atom. The van der Waals surface area contributed by atoms with Crippen LogP contribution in [0.2, 0.25) is 0 Å². The van der Waals surface area contributed by atoms with Gasteiger partial charge in [-0.1, -0.05) is 19.9 Å². The van der Waals surface area contributed by atoms with E-state index in [1.807, 2.05) is 6.92 Å². The van der Waals surface area contributed by atoms with Gasteiger partial charge in [-0.05, 0) is 38.4 Å². The lowest BCUT2D eigenvalue weighted by Crippen LogP contribution is -2.24. The molecule has 120 valence electrons. The van der Waals surface area contributed by atoms with Gasteiger partial charge in [0.25, 0.3) is 0 Å². The van der Waals surface area contributed by atoms with Crippen molar-refractivity contribution in [3.8, 4) is 5.75 Å². The summed E-state index contributed by atoms with van der Waals surface area (Å²) in [5, 5.41) is 3.27. The molecular formula is C15H26N2O3S. The Hall–Kier alpha value is -1.27. The predicted octanol–water partition coefficient (Wildman–Crippen LogP) is 2.61. The molecule has 0 bridgehead atoms. The quantitative estimate of drug-likeness (QED) is 0.651. The molecule has 0 unspecified atom stereocenters. The van der Waals surface area contributed by atoms with Gasteiger partial charge in [-0.3, -0.25) is 4.72 Å². The van der Waals surface area contributed by atoms with Crippen molar-refractivity contribution in [2.45, 2.75) is 39.7 Å². The maximum atomic E-state index is 12.0. The van der Waals surface area contributed by atoms with Crippen LogP contribution < -0.4 is 14.8 Å². The van der Waals surface area contributed by atoms with Crippen molar-refractivity contribution >= 4 is 15.7 Å². The Bertz CT molecular complexity index is 515. The van der Waals surface area contributed by atoms with Gasteiger partial charge < -0.3 is 10.1 Å². The zero-order chi connectivity index (χ0) is 15.7. The van der Waals surface area contributed by atoms with Gasteiger partial charge in [-0.2, -0.15) is 0 Å². The van der Waals surface area contributed by atoms with Crippen LogP contribution in [0.15, 0.2) is 24.3 Å². The van der Waals surface area contributed by atoms with E-state index in [0.29, 0.717) is 30.5 Å². The minimum absolute atomic E-state index is 0.131. The average molecular weight is 314 g/mol. The molecule has 0 aromatic heterocycles. The summed E-state index contributed by atoms with van der Waals surface area (Å²) in [7, 11) is -3.30. The van der Waals surface area contributed by atoms with E-state index in [4.69, 9.17) is 4.74 Å². The number of nitrogens with one attached hydrogen (secondary N) is 2. The fraction of sp³-hybridized carbons (Fsp3) is 0.600. The number of hydrogen-bond acceptors (Lipinski definition) is 4. The smallest absolute Gasteiger partial charge is 0.232 e. The van der Waals surface area contributed by atoms with Gasteiger partial charge in [0, 0.05) is 12.1 Å². The van der Waals surface area contributed by atoms with Crippen molar-refractivity contribution in [1.29, 1.82) is 0 Å². The monoisotopic (exact) mass is 314 g/mol. The summed E-state index contributed by atoms with van der Waals surface area (Å²) in [5.41, 5.74) is 0.543. The second kappa shape index (κ2) is 8.89. The molecule has 0 heterocycles. The minimum Gasteiger partial charge on any atom is -0.494 e. The summed E-state index contributed by atoms with van der Waals surface area (Å²) < 4.78 is 31.9. The summed E-state index contributed by atoms with van der Waals surface area (Å²) in [6.45, 7) is 7.43. The average Bonchev–Trinajstić information content (AvgIpc) is 2.38. The van der Waals surface area contributed by atoms with Gasteiger partial charge in [0.2, 0.25) is 10.0 Å². The summed E-state index contributed by atoms with van der Waals surface area (Å²) >= 11 is 0. The Kier molecular flexibility index (Phi) is 7.53. The highest BCUT2D eigenvalue weighted by Crippen LogP contribution is 2.18. The lowest BCUT2D eigenvalue weighted by atomic mass is 10.3. The van der Waals surface area contributed by atoms with E-state index in [2.05, 4.69) is 23.9 Å². The fourth-order valence-electron chi connectivity index (χ4n) is 1.85. The van der Waals surface area contributed by atoms with E-state index in [1.165, 1.54) is 0 Å². The second-order valence-corrected chi connectivity index (χ2v) is 7.04. The molecule has 1 rings (SSSR count). The van der Waals surface area contributed by atoms with E-state index in [-0.39, 0.29) is 5.75 Å². The Morgan fingerprint density at radius 1 is 1.24 bits per heavy atom. The van der Waals surface area contributed by atoms with Crippen LogP contribution in [0.5, 0.6) is 5.75 Å². The Balaban J connectivity index is 2.43. The number of ether oxygens (including phenoxy) is 1. The van der Waals surface area contributed by atoms with Crippen LogP contribution >= 0.6 is 0 Å². The molecule has 0 aliphatic carbocycles. The number of unbranched alkanes of at least 4 members (excludes halogenated alkanes) is 1. The molecule has 1 aromatic rings. The van der Waals surface area contributed by atoms with Crippen LogP contribution in [0.3, 0.4) is 0 Å². The maximum absolute atomic E-state index is 12.0. The molecule has 0 fully saturated rings. The van der Waals surface area contributed by atoms with Crippen LogP contribution in [0, 0.1) is 0 Å².